The molecule has 0 aliphatic carbocycles. The van der Waals surface area contributed by atoms with Gasteiger partial charge in [-0.2, -0.15) is 0 Å². The second kappa shape index (κ2) is 11.8. The molecule has 5 rings (SSSR count). The van der Waals surface area contributed by atoms with Gasteiger partial charge in [0.25, 0.3) is 5.91 Å². The smallest absolute Gasteiger partial charge is 0.251 e. The van der Waals surface area contributed by atoms with Crippen LogP contribution in [-0.4, -0.2) is 24.1 Å². The van der Waals surface area contributed by atoms with E-state index in [9.17, 15) is 18.8 Å². The first-order valence-corrected chi connectivity index (χ1v) is 13.9. The number of hydrogen-bond acceptors (Lipinski definition) is 4. The van der Waals surface area contributed by atoms with Gasteiger partial charge in [0.15, 0.2) is 5.78 Å². The molecule has 0 radical (unpaired) electrons. The van der Waals surface area contributed by atoms with E-state index >= 15 is 0 Å². The predicted octanol–water partition coefficient (Wildman–Crippen LogP) is 7.65. The largest absolute Gasteiger partial charge is 0.455 e. The number of rotatable bonds is 9. The van der Waals surface area contributed by atoms with Gasteiger partial charge in [0.2, 0.25) is 5.91 Å². The molecular weight excluding hydrogens is 531 g/mol. The van der Waals surface area contributed by atoms with Crippen molar-refractivity contribution in [2.75, 3.05) is 6.54 Å². The lowest BCUT2D eigenvalue weighted by atomic mass is 9.91. The number of fused-ring (bicyclic) bond motifs is 1. The summed E-state index contributed by atoms with van der Waals surface area (Å²) < 4.78 is 19.7. The molecule has 0 fully saturated rings. The van der Waals surface area contributed by atoms with Crippen LogP contribution in [0.1, 0.15) is 58.3 Å². The zero-order valence-electron chi connectivity index (χ0n) is 23.7. The van der Waals surface area contributed by atoms with Gasteiger partial charge in [-0.25, -0.2) is 4.39 Å². The monoisotopic (exact) mass is 562 g/mol. The van der Waals surface area contributed by atoms with Crippen LogP contribution in [0.15, 0.2) is 89.3 Å². The van der Waals surface area contributed by atoms with E-state index in [1.165, 1.54) is 12.1 Å². The van der Waals surface area contributed by atoms with Gasteiger partial charge in [0, 0.05) is 35.0 Å². The Morgan fingerprint density at radius 3 is 2.17 bits per heavy atom. The molecule has 0 saturated heterocycles. The third-order valence-corrected chi connectivity index (χ3v) is 7.15. The minimum absolute atomic E-state index is 0.0996. The minimum atomic E-state index is -0.585. The van der Waals surface area contributed by atoms with E-state index < -0.39 is 5.91 Å². The maximum Gasteiger partial charge on any atom is 0.251 e. The molecule has 212 valence electrons. The molecule has 0 atom stereocenters. The van der Waals surface area contributed by atoms with Gasteiger partial charge < -0.3 is 15.5 Å². The molecule has 5 aromatic rings. The molecule has 2 amide bonds. The van der Waals surface area contributed by atoms with Gasteiger partial charge in [-0.1, -0.05) is 57.2 Å². The fourth-order valence-corrected chi connectivity index (χ4v) is 5.01. The average molecular weight is 563 g/mol. The van der Waals surface area contributed by atoms with Crippen LogP contribution < -0.4 is 11.1 Å². The summed E-state index contributed by atoms with van der Waals surface area (Å²) in [5, 5.41) is 3.61. The summed E-state index contributed by atoms with van der Waals surface area (Å²) in [6.07, 6.45) is 0.265. The lowest BCUT2D eigenvalue weighted by Gasteiger charge is -2.15. The standard InChI is InChI=1S/C35H31FN2O4/c1-4-30(39)32-29-18-23(12-16-31(29)42-33(32)21-9-13-24(36)14-10-21)22-11-15-26(25-7-5-6-8-27(25)34(37)40)28(17-22)35(41)38-19-20(2)3/h5-18,20H,4,19H2,1-3H3,(H2,37,40)(H,38,41). The lowest BCUT2D eigenvalue weighted by Crippen LogP contribution is -2.28. The zero-order chi connectivity index (χ0) is 30.0. The average Bonchev–Trinajstić information content (AvgIpc) is 3.38. The van der Waals surface area contributed by atoms with Gasteiger partial charge in [-0.3, -0.25) is 14.4 Å². The second-order valence-corrected chi connectivity index (χ2v) is 10.6. The van der Waals surface area contributed by atoms with Gasteiger partial charge in [-0.15, -0.1) is 0 Å². The van der Waals surface area contributed by atoms with Crippen LogP contribution >= 0.6 is 0 Å². The normalized spacial score (nSPS) is 11.2. The highest BCUT2D eigenvalue weighted by atomic mass is 19.1. The first-order chi connectivity index (χ1) is 20.2. The maximum atomic E-state index is 13.6. The Kier molecular flexibility index (Phi) is 8.02. The third-order valence-electron chi connectivity index (χ3n) is 7.15. The first-order valence-electron chi connectivity index (χ1n) is 13.9. The molecule has 1 heterocycles. The Labute approximate surface area is 243 Å². The topological polar surface area (TPSA) is 102 Å². The fourth-order valence-electron chi connectivity index (χ4n) is 5.01. The number of amides is 2. The number of Topliss-reactive ketones (excluding diaryl/α,β-unsaturated/α-hetero) is 1. The van der Waals surface area contributed by atoms with Crippen molar-refractivity contribution in [1.29, 1.82) is 0 Å². The van der Waals surface area contributed by atoms with E-state index in [1.54, 1.807) is 55.5 Å². The van der Waals surface area contributed by atoms with Crippen LogP contribution in [0.5, 0.6) is 0 Å². The fraction of sp³-hybridized carbons (Fsp3) is 0.171. The Morgan fingerprint density at radius 2 is 1.48 bits per heavy atom. The lowest BCUT2D eigenvalue weighted by molar-refractivity contribution is 0.0947. The van der Waals surface area contributed by atoms with Gasteiger partial charge in [-0.05, 0) is 76.7 Å². The number of halogens is 1. The predicted molar refractivity (Wildman–Crippen MR) is 163 cm³/mol. The number of ketones is 1. The van der Waals surface area contributed by atoms with E-state index in [0.29, 0.717) is 56.7 Å². The third kappa shape index (κ3) is 5.59. The molecule has 0 spiro atoms. The molecule has 4 aromatic carbocycles. The van der Waals surface area contributed by atoms with E-state index in [-0.39, 0.29) is 29.8 Å². The summed E-state index contributed by atoms with van der Waals surface area (Å²) in [6.45, 7) is 6.28. The molecule has 7 heteroatoms. The number of hydrogen-bond donors (Lipinski definition) is 2. The summed E-state index contributed by atoms with van der Waals surface area (Å²) in [4.78, 5) is 38.8. The molecular formula is C35H31FN2O4. The number of nitrogens with one attached hydrogen (secondary N) is 1. The zero-order valence-corrected chi connectivity index (χ0v) is 23.7. The van der Waals surface area contributed by atoms with Gasteiger partial charge in [0.05, 0.1) is 5.56 Å². The first kappa shape index (κ1) is 28.5. The van der Waals surface area contributed by atoms with Crippen molar-refractivity contribution in [3.05, 3.63) is 107 Å². The molecule has 1 aromatic heterocycles. The molecule has 0 bridgehead atoms. The van der Waals surface area contributed by atoms with E-state index in [2.05, 4.69) is 5.32 Å². The molecule has 0 saturated carbocycles. The summed E-state index contributed by atoms with van der Waals surface area (Å²) in [6, 6.07) is 23.8. The summed E-state index contributed by atoms with van der Waals surface area (Å²) >= 11 is 0. The Balaban J connectivity index is 1.67. The SMILES string of the molecule is CCC(=O)c1c(-c2ccc(F)cc2)oc2ccc(-c3ccc(-c4ccccc4C(N)=O)c(C(=O)NCC(C)C)c3)cc12. The van der Waals surface area contributed by atoms with Crippen molar-refractivity contribution in [2.24, 2.45) is 11.7 Å². The molecule has 3 N–H and O–H groups in total. The van der Waals surface area contributed by atoms with E-state index in [4.69, 9.17) is 10.2 Å². The summed E-state index contributed by atoms with van der Waals surface area (Å²) in [5.74, 6) is -0.704. The highest BCUT2D eigenvalue weighted by molar-refractivity contribution is 6.13. The summed E-state index contributed by atoms with van der Waals surface area (Å²) in [5.41, 5.74) is 10.6. The Hall–Kier alpha value is -5.04. The maximum absolute atomic E-state index is 13.6. The van der Waals surface area contributed by atoms with Crippen molar-refractivity contribution < 1.29 is 23.2 Å². The van der Waals surface area contributed by atoms with Crippen LogP contribution in [0, 0.1) is 11.7 Å². The Morgan fingerprint density at radius 1 is 0.833 bits per heavy atom. The van der Waals surface area contributed by atoms with Crippen molar-refractivity contribution in [2.45, 2.75) is 27.2 Å². The van der Waals surface area contributed by atoms with Crippen molar-refractivity contribution in [1.82, 2.24) is 5.32 Å². The quantitative estimate of drug-likeness (QED) is 0.180. The number of furan rings is 1. The van der Waals surface area contributed by atoms with Gasteiger partial charge >= 0.3 is 0 Å². The van der Waals surface area contributed by atoms with E-state index in [0.717, 1.165) is 11.1 Å². The highest BCUT2D eigenvalue weighted by Crippen LogP contribution is 2.38. The highest BCUT2D eigenvalue weighted by Gasteiger charge is 2.23. The molecule has 0 aliphatic heterocycles. The van der Waals surface area contributed by atoms with E-state index in [1.807, 2.05) is 38.1 Å². The number of carbonyl (C=O) groups excluding carboxylic acids is 3. The molecule has 0 aliphatic rings. The number of carbonyl (C=O) groups is 3. The Bertz CT molecular complexity index is 1820. The van der Waals surface area contributed by atoms with Crippen molar-refractivity contribution >= 4 is 28.6 Å². The van der Waals surface area contributed by atoms with Crippen LogP contribution in [0.4, 0.5) is 4.39 Å². The van der Waals surface area contributed by atoms with Crippen LogP contribution in [0.25, 0.3) is 44.5 Å². The van der Waals surface area contributed by atoms with Crippen LogP contribution in [0.3, 0.4) is 0 Å². The summed E-state index contributed by atoms with van der Waals surface area (Å²) in [7, 11) is 0. The second-order valence-electron chi connectivity index (χ2n) is 10.6. The van der Waals surface area contributed by atoms with Crippen molar-refractivity contribution in [3.63, 3.8) is 0 Å². The minimum Gasteiger partial charge on any atom is -0.455 e. The molecule has 0 unspecified atom stereocenters. The van der Waals surface area contributed by atoms with Crippen molar-refractivity contribution in [3.8, 4) is 33.6 Å². The number of nitrogens with two attached hydrogens (primary N) is 1. The van der Waals surface area contributed by atoms with Crippen LogP contribution in [0.2, 0.25) is 0 Å². The number of benzene rings is 4. The number of primary amides is 1. The molecule has 42 heavy (non-hydrogen) atoms. The van der Waals surface area contributed by atoms with Crippen LogP contribution in [-0.2, 0) is 0 Å². The van der Waals surface area contributed by atoms with Gasteiger partial charge in [0.1, 0.15) is 17.2 Å². The molecule has 6 nitrogen and oxygen atoms in total.